The van der Waals surface area contributed by atoms with E-state index in [0.717, 1.165) is 0 Å². The van der Waals surface area contributed by atoms with E-state index in [9.17, 15) is 38.2 Å². The number of carbonyl (C=O) groups is 4. The van der Waals surface area contributed by atoms with Crippen molar-refractivity contribution in [2.45, 2.75) is 104 Å². The van der Waals surface area contributed by atoms with E-state index in [0.29, 0.717) is 22.3 Å². The summed E-state index contributed by atoms with van der Waals surface area (Å²) >= 11 is 0. The molecule has 2 atom stereocenters. The van der Waals surface area contributed by atoms with E-state index in [1.165, 1.54) is 48.8 Å². The number of nitriles is 2. The first-order chi connectivity index (χ1) is 27.0. The van der Waals surface area contributed by atoms with Gasteiger partial charge in [0.05, 0.1) is 12.1 Å². The summed E-state index contributed by atoms with van der Waals surface area (Å²) in [5.41, 5.74) is 1.63. The average Bonchev–Trinajstić information content (AvgIpc) is 3.13. The van der Waals surface area contributed by atoms with Crippen molar-refractivity contribution in [3.63, 3.8) is 0 Å². The highest BCUT2D eigenvalue weighted by atomic mass is 19.1. The number of phenolic OH excluding ortho intramolecular Hbond substituents is 2. The lowest BCUT2D eigenvalue weighted by Crippen LogP contribution is -2.32. The lowest BCUT2D eigenvalue weighted by molar-refractivity contribution is -0.118. The summed E-state index contributed by atoms with van der Waals surface area (Å²) in [6.45, 7) is 14.3. The van der Waals surface area contributed by atoms with Gasteiger partial charge in [0, 0.05) is 49.2 Å². The van der Waals surface area contributed by atoms with Crippen molar-refractivity contribution in [1.29, 1.82) is 10.5 Å². The molecule has 0 spiro atoms. The molecule has 0 aliphatic rings. The first-order valence-corrected chi connectivity index (χ1v) is 18.4. The Bertz CT molecular complexity index is 2110. The predicted molar refractivity (Wildman–Crippen MR) is 212 cm³/mol. The van der Waals surface area contributed by atoms with Crippen molar-refractivity contribution in [2.24, 2.45) is 0 Å². The third-order valence-electron chi connectivity index (χ3n) is 8.72. The van der Waals surface area contributed by atoms with Crippen LogP contribution in [0.3, 0.4) is 0 Å². The van der Waals surface area contributed by atoms with Crippen molar-refractivity contribution in [2.75, 3.05) is 0 Å². The third kappa shape index (κ3) is 13.3. The summed E-state index contributed by atoms with van der Waals surface area (Å²) in [7, 11) is 0. The van der Waals surface area contributed by atoms with Gasteiger partial charge in [-0.15, -0.1) is 0 Å². The summed E-state index contributed by atoms with van der Waals surface area (Å²) in [5, 5.41) is 42.9. The summed E-state index contributed by atoms with van der Waals surface area (Å²) in [4.78, 5) is 56.8. The second-order valence-electron chi connectivity index (χ2n) is 16.0. The number of rotatable bonds is 12. The molecular formula is C44H48F2N6O6. The number of Topliss-reactive ketones (excluding diaryl/α,β-unsaturated/α-hetero) is 2. The Morgan fingerprint density at radius 1 is 0.638 bits per heavy atom. The summed E-state index contributed by atoms with van der Waals surface area (Å²) in [6.07, 6.45) is 2.41. The number of hydrogen-bond donors (Lipinski definition) is 4. The molecule has 58 heavy (non-hydrogen) atoms. The van der Waals surface area contributed by atoms with E-state index in [4.69, 9.17) is 10.5 Å². The minimum absolute atomic E-state index is 0.0160. The Morgan fingerprint density at radius 2 is 0.983 bits per heavy atom. The zero-order valence-corrected chi connectivity index (χ0v) is 33.8. The maximum Gasteiger partial charge on any atom is 0.270 e. The molecule has 0 saturated carbocycles. The minimum Gasteiger partial charge on any atom is -0.508 e. The molecule has 4 rings (SSSR count). The maximum absolute atomic E-state index is 14.4. The lowest BCUT2D eigenvalue weighted by Gasteiger charge is -2.21. The maximum atomic E-state index is 14.4. The lowest BCUT2D eigenvalue weighted by atomic mass is 9.85. The zero-order chi connectivity index (χ0) is 43.5. The van der Waals surface area contributed by atoms with Gasteiger partial charge in [0.1, 0.15) is 58.2 Å². The molecule has 0 radical (unpaired) electrons. The molecule has 4 N–H and O–H groups in total. The quantitative estimate of drug-likeness (QED) is 0.123. The topological polar surface area (TPSA) is 206 Å². The first kappa shape index (κ1) is 45.8. The second-order valence-corrected chi connectivity index (χ2v) is 16.0. The van der Waals surface area contributed by atoms with Gasteiger partial charge >= 0.3 is 0 Å². The molecule has 12 nitrogen and oxygen atoms in total. The number of nitrogens with zero attached hydrogens (tertiary/aromatic N) is 4. The highest BCUT2D eigenvalue weighted by molar-refractivity contribution is 5.94. The number of phenols is 2. The van der Waals surface area contributed by atoms with Gasteiger partial charge in [-0.3, -0.25) is 29.1 Å². The predicted octanol–water partition coefficient (Wildman–Crippen LogP) is 6.44. The number of benzene rings is 2. The van der Waals surface area contributed by atoms with Crippen LogP contribution in [0.1, 0.15) is 110 Å². The van der Waals surface area contributed by atoms with Gasteiger partial charge < -0.3 is 20.8 Å². The van der Waals surface area contributed by atoms with Gasteiger partial charge in [-0.2, -0.15) is 10.5 Å². The SMILES string of the molecule is C[C@@H](C#N)NC(=O)c1cc(CC(=O)Cc2cc(O)c(C(C)(C)C)cc2F)ccn1.C[C@H](C#N)NC(=O)c1cc(CC(=O)Cc2cc(O)c(C(C)(C)C)cc2F)ccn1. The Balaban J connectivity index is 0.000000310. The standard InChI is InChI=1S/2C22H24FN3O3/c2*1-13(12-24)26-21(29)19-8-14(5-6-25-19)7-16(27)9-15-10-20(28)17(11-18(15)23)22(2,3)4/h2*5-6,8,10-11,13,28H,7,9H2,1-4H3,(H,26,29)/t2*13-/m10/s1. The number of nitrogens with one attached hydrogen (secondary N) is 2. The monoisotopic (exact) mass is 794 g/mol. The fourth-order valence-corrected chi connectivity index (χ4v) is 5.71. The molecule has 2 aromatic heterocycles. The zero-order valence-electron chi connectivity index (χ0n) is 33.8. The highest BCUT2D eigenvalue weighted by Crippen LogP contribution is 2.34. The Labute approximate surface area is 337 Å². The van der Waals surface area contributed by atoms with Crippen LogP contribution in [0.25, 0.3) is 0 Å². The third-order valence-corrected chi connectivity index (χ3v) is 8.72. The molecule has 2 aromatic carbocycles. The molecule has 4 aromatic rings. The van der Waals surface area contributed by atoms with Gasteiger partial charge in [0.25, 0.3) is 11.8 Å². The molecule has 0 aliphatic heterocycles. The van der Waals surface area contributed by atoms with E-state index in [-0.39, 0.29) is 71.3 Å². The van der Waals surface area contributed by atoms with Crippen LogP contribution >= 0.6 is 0 Å². The smallest absolute Gasteiger partial charge is 0.270 e. The molecule has 14 heteroatoms. The molecule has 0 aliphatic carbocycles. The van der Waals surface area contributed by atoms with Crippen molar-refractivity contribution < 1.29 is 38.2 Å². The van der Waals surface area contributed by atoms with Crippen LogP contribution in [0.2, 0.25) is 0 Å². The molecule has 0 saturated heterocycles. The van der Waals surface area contributed by atoms with Crippen LogP contribution in [-0.2, 0) is 46.1 Å². The Morgan fingerprint density at radius 3 is 1.29 bits per heavy atom. The van der Waals surface area contributed by atoms with Crippen molar-refractivity contribution in [1.82, 2.24) is 20.6 Å². The largest absolute Gasteiger partial charge is 0.508 e. The number of ketones is 2. The van der Waals surface area contributed by atoms with Crippen LogP contribution < -0.4 is 10.6 Å². The number of halogens is 2. The van der Waals surface area contributed by atoms with Gasteiger partial charge in [0.15, 0.2) is 0 Å². The highest BCUT2D eigenvalue weighted by Gasteiger charge is 2.23. The molecule has 2 amide bonds. The van der Waals surface area contributed by atoms with Crippen LogP contribution in [0.5, 0.6) is 11.5 Å². The van der Waals surface area contributed by atoms with E-state index in [1.807, 2.05) is 53.7 Å². The molecule has 304 valence electrons. The van der Waals surface area contributed by atoms with Crippen molar-refractivity contribution in [3.8, 4) is 23.6 Å². The molecule has 0 fully saturated rings. The molecule has 0 bridgehead atoms. The van der Waals surface area contributed by atoms with E-state index in [1.54, 1.807) is 26.0 Å². The van der Waals surface area contributed by atoms with Crippen LogP contribution in [0, 0.1) is 34.3 Å². The second kappa shape index (κ2) is 19.6. The number of aromatic nitrogens is 2. The Kier molecular flexibility index (Phi) is 15.5. The van der Waals surface area contributed by atoms with Crippen molar-refractivity contribution in [3.05, 3.63) is 117 Å². The normalized spacial score (nSPS) is 12.1. The van der Waals surface area contributed by atoms with Gasteiger partial charge in [0.2, 0.25) is 0 Å². The molecule has 0 unspecified atom stereocenters. The summed E-state index contributed by atoms with van der Waals surface area (Å²) in [5.74, 6) is -2.73. The molecule has 2 heterocycles. The number of amides is 2. The summed E-state index contributed by atoms with van der Waals surface area (Å²) in [6, 6.07) is 13.7. The first-order valence-electron chi connectivity index (χ1n) is 18.4. The van der Waals surface area contributed by atoms with Gasteiger partial charge in [-0.1, -0.05) is 41.5 Å². The number of carbonyl (C=O) groups excluding carboxylic acids is 4. The van der Waals surface area contributed by atoms with Crippen molar-refractivity contribution >= 4 is 23.4 Å². The average molecular weight is 795 g/mol. The molecular weight excluding hydrogens is 747 g/mol. The fourth-order valence-electron chi connectivity index (χ4n) is 5.71. The van der Waals surface area contributed by atoms with Gasteiger partial charge in [-0.05, 0) is 95.5 Å². The number of pyridine rings is 2. The van der Waals surface area contributed by atoms with E-state index < -0.39 is 46.4 Å². The van der Waals surface area contributed by atoms with E-state index >= 15 is 0 Å². The minimum atomic E-state index is -0.665. The fraction of sp³-hybridized carbons (Fsp3) is 0.364. The van der Waals surface area contributed by atoms with Crippen LogP contribution in [0.15, 0.2) is 60.9 Å². The van der Waals surface area contributed by atoms with Crippen LogP contribution in [0.4, 0.5) is 8.78 Å². The number of hydrogen-bond acceptors (Lipinski definition) is 10. The van der Waals surface area contributed by atoms with Gasteiger partial charge in [-0.25, -0.2) is 8.78 Å². The summed E-state index contributed by atoms with van der Waals surface area (Å²) < 4.78 is 28.9. The number of aromatic hydroxyl groups is 2. The van der Waals surface area contributed by atoms with Crippen LogP contribution in [-0.4, -0.2) is 55.6 Å². The Hall–Kier alpha value is -6.54. The van der Waals surface area contributed by atoms with E-state index in [2.05, 4.69) is 20.6 Å².